The van der Waals surface area contributed by atoms with Crippen LogP contribution in [0.25, 0.3) is 0 Å². The lowest BCUT2D eigenvalue weighted by Gasteiger charge is -2.18. The second-order valence-corrected chi connectivity index (χ2v) is 21.7. The van der Waals surface area contributed by atoms with Crippen molar-refractivity contribution in [3.05, 3.63) is 109 Å². The number of esters is 3. The van der Waals surface area contributed by atoms with Crippen LogP contribution < -0.4 is 0 Å². The Labute approximate surface area is 482 Å². The molecule has 0 aliphatic heterocycles. The number of allylic oxidation sites excluding steroid dienone is 17. The summed E-state index contributed by atoms with van der Waals surface area (Å²) in [5.41, 5.74) is 0. The van der Waals surface area contributed by atoms with E-state index in [0.717, 1.165) is 103 Å². The molecule has 0 radical (unpaired) electrons. The monoisotopic (exact) mass is 1080 g/mol. The number of ether oxygens (including phenoxy) is 3. The quantitative estimate of drug-likeness (QED) is 0.0261. The highest BCUT2D eigenvalue weighted by Gasteiger charge is 2.19. The summed E-state index contributed by atoms with van der Waals surface area (Å²) in [6.07, 6.45) is 89.9. The van der Waals surface area contributed by atoms with Crippen molar-refractivity contribution < 1.29 is 28.6 Å². The first kappa shape index (κ1) is 74.1. The molecular formula is C72H122O6. The molecule has 6 nitrogen and oxygen atoms in total. The summed E-state index contributed by atoms with van der Waals surface area (Å²) in [5, 5.41) is 0. The standard InChI is InChI=1S/C72H122O6/c1-4-7-10-13-16-19-22-25-28-30-31-32-33-34-35-36-37-38-39-40-41-42-45-47-50-53-56-59-62-65-71(74)77-68-69(67-76-70(73)64-61-58-55-52-49-46-43-27-24-21-18-15-12-9-6-3)78-72(75)66-63-60-57-54-51-48-44-29-26-23-20-17-14-11-8-5-2/h9,12,18,20-23,25,27,29-31,43-44,49,52,58,61,69H,4-8,10-11,13-17,19,24,26,28,32-42,45-48,50-51,53-57,59-60,62-68H2,1-3H3/b12-9-,21-18-,23-20-,25-22-,31-30-,43-27-,44-29-,52-49-,61-58-. The molecule has 0 aliphatic carbocycles. The van der Waals surface area contributed by atoms with Gasteiger partial charge in [0.1, 0.15) is 13.2 Å². The van der Waals surface area contributed by atoms with Gasteiger partial charge in [-0.25, -0.2) is 0 Å². The lowest BCUT2D eigenvalue weighted by atomic mass is 10.0. The van der Waals surface area contributed by atoms with Crippen LogP contribution in [-0.2, 0) is 28.6 Å². The second kappa shape index (κ2) is 65.6. The van der Waals surface area contributed by atoms with Crippen LogP contribution >= 0.6 is 0 Å². The average molecular weight is 1080 g/mol. The molecule has 0 fully saturated rings. The number of rotatable bonds is 59. The van der Waals surface area contributed by atoms with Crippen LogP contribution in [0.1, 0.15) is 310 Å². The Balaban J connectivity index is 4.32. The fourth-order valence-corrected chi connectivity index (χ4v) is 9.11. The molecule has 1 atom stereocenters. The van der Waals surface area contributed by atoms with Crippen LogP contribution in [0.5, 0.6) is 0 Å². The first-order chi connectivity index (χ1) is 38.5. The van der Waals surface area contributed by atoms with E-state index in [1.807, 2.05) is 6.08 Å². The molecular weight excluding hydrogens is 961 g/mol. The molecule has 0 N–H and O–H groups in total. The van der Waals surface area contributed by atoms with Gasteiger partial charge in [-0.2, -0.15) is 0 Å². The van der Waals surface area contributed by atoms with Gasteiger partial charge in [-0.1, -0.05) is 291 Å². The van der Waals surface area contributed by atoms with Crippen molar-refractivity contribution >= 4 is 17.9 Å². The predicted molar refractivity (Wildman–Crippen MR) is 339 cm³/mol. The van der Waals surface area contributed by atoms with Crippen molar-refractivity contribution in [1.29, 1.82) is 0 Å². The molecule has 78 heavy (non-hydrogen) atoms. The predicted octanol–water partition coefficient (Wildman–Crippen LogP) is 22.6. The molecule has 6 heteroatoms. The maximum Gasteiger partial charge on any atom is 0.309 e. The Kier molecular flexibility index (Phi) is 62.3. The SMILES string of the molecule is CC/C=C\C/C=C\C/C=C\C/C=C\C/C=C\CC(=O)OCC(COC(=O)CCCCCCCCCCCCCCCCCCC/C=C\C/C=C\CCCCCCC)OC(=O)CCCCCCC/C=C\C/C=C\CCCCCC. The van der Waals surface area contributed by atoms with Gasteiger partial charge in [0, 0.05) is 12.8 Å². The Morgan fingerprint density at radius 2 is 0.551 bits per heavy atom. The van der Waals surface area contributed by atoms with Crippen LogP contribution in [0, 0.1) is 0 Å². The molecule has 0 aromatic heterocycles. The summed E-state index contributed by atoms with van der Waals surface area (Å²) >= 11 is 0. The first-order valence-electron chi connectivity index (χ1n) is 32.9. The third kappa shape index (κ3) is 62.9. The molecule has 0 aliphatic rings. The van der Waals surface area contributed by atoms with Crippen molar-refractivity contribution in [3.63, 3.8) is 0 Å². The van der Waals surface area contributed by atoms with Crippen LogP contribution in [0.15, 0.2) is 109 Å². The zero-order valence-corrected chi connectivity index (χ0v) is 51.2. The highest BCUT2D eigenvalue weighted by molar-refractivity contribution is 5.72. The summed E-state index contributed by atoms with van der Waals surface area (Å²) in [5.74, 6) is -1.05. The topological polar surface area (TPSA) is 78.9 Å². The van der Waals surface area contributed by atoms with Gasteiger partial charge in [-0.15, -0.1) is 0 Å². The summed E-state index contributed by atoms with van der Waals surface area (Å²) in [6.45, 7) is 6.42. The van der Waals surface area contributed by atoms with Crippen molar-refractivity contribution in [2.24, 2.45) is 0 Å². The molecule has 0 aromatic carbocycles. The summed E-state index contributed by atoms with van der Waals surface area (Å²) in [6, 6.07) is 0. The number of hydrogen-bond acceptors (Lipinski definition) is 6. The smallest absolute Gasteiger partial charge is 0.309 e. The van der Waals surface area contributed by atoms with Crippen LogP contribution in [0.3, 0.4) is 0 Å². The van der Waals surface area contributed by atoms with E-state index < -0.39 is 12.1 Å². The fraction of sp³-hybridized carbons (Fsp3) is 0.708. The summed E-state index contributed by atoms with van der Waals surface area (Å²) in [4.78, 5) is 38.2. The van der Waals surface area contributed by atoms with E-state index in [0.29, 0.717) is 12.8 Å². The fourth-order valence-electron chi connectivity index (χ4n) is 9.11. The van der Waals surface area contributed by atoms with Gasteiger partial charge in [0.05, 0.1) is 6.42 Å². The Morgan fingerprint density at radius 3 is 0.910 bits per heavy atom. The van der Waals surface area contributed by atoms with Crippen molar-refractivity contribution in [2.45, 2.75) is 316 Å². The van der Waals surface area contributed by atoms with E-state index in [-0.39, 0.29) is 31.6 Å². The lowest BCUT2D eigenvalue weighted by molar-refractivity contribution is -0.166. The number of carbonyl (C=O) groups excluding carboxylic acids is 3. The molecule has 0 heterocycles. The maximum atomic E-state index is 12.9. The van der Waals surface area contributed by atoms with E-state index in [1.165, 1.54) is 167 Å². The minimum Gasteiger partial charge on any atom is -0.462 e. The third-order valence-electron chi connectivity index (χ3n) is 14.0. The van der Waals surface area contributed by atoms with Crippen LogP contribution in [-0.4, -0.2) is 37.2 Å². The van der Waals surface area contributed by atoms with Crippen molar-refractivity contribution in [3.8, 4) is 0 Å². The molecule has 0 spiro atoms. The van der Waals surface area contributed by atoms with Crippen molar-refractivity contribution in [2.75, 3.05) is 13.2 Å². The zero-order valence-electron chi connectivity index (χ0n) is 51.2. The highest BCUT2D eigenvalue weighted by atomic mass is 16.6. The van der Waals surface area contributed by atoms with Gasteiger partial charge in [-0.05, 0) is 109 Å². The van der Waals surface area contributed by atoms with E-state index in [9.17, 15) is 14.4 Å². The molecule has 0 rings (SSSR count). The maximum absolute atomic E-state index is 12.9. The summed E-state index contributed by atoms with van der Waals surface area (Å²) < 4.78 is 16.8. The first-order valence-corrected chi connectivity index (χ1v) is 32.9. The minimum absolute atomic E-state index is 0.113. The molecule has 1 unspecified atom stereocenters. The average Bonchev–Trinajstić information content (AvgIpc) is 3.44. The van der Waals surface area contributed by atoms with Crippen LogP contribution in [0.2, 0.25) is 0 Å². The van der Waals surface area contributed by atoms with E-state index in [1.54, 1.807) is 6.08 Å². The Morgan fingerprint density at radius 1 is 0.282 bits per heavy atom. The molecule has 0 saturated carbocycles. The molecule has 0 bridgehead atoms. The van der Waals surface area contributed by atoms with Gasteiger partial charge < -0.3 is 14.2 Å². The van der Waals surface area contributed by atoms with E-state index in [2.05, 4.69) is 118 Å². The second-order valence-electron chi connectivity index (χ2n) is 21.7. The van der Waals surface area contributed by atoms with E-state index >= 15 is 0 Å². The highest BCUT2D eigenvalue weighted by Crippen LogP contribution is 2.16. The van der Waals surface area contributed by atoms with Gasteiger partial charge in [0.25, 0.3) is 0 Å². The van der Waals surface area contributed by atoms with Gasteiger partial charge in [-0.3, -0.25) is 14.4 Å². The largest absolute Gasteiger partial charge is 0.462 e. The molecule has 446 valence electrons. The van der Waals surface area contributed by atoms with Gasteiger partial charge in [0.2, 0.25) is 0 Å². The molecule has 0 aromatic rings. The summed E-state index contributed by atoms with van der Waals surface area (Å²) in [7, 11) is 0. The minimum atomic E-state index is -0.827. The number of hydrogen-bond donors (Lipinski definition) is 0. The third-order valence-corrected chi connectivity index (χ3v) is 14.0. The zero-order chi connectivity index (χ0) is 56.4. The van der Waals surface area contributed by atoms with Crippen LogP contribution in [0.4, 0.5) is 0 Å². The Bertz CT molecular complexity index is 1570. The van der Waals surface area contributed by atoms with E-state index in [4.69, 9.17) is 14.2 Å². The van der Waals surface area contributed by atoms with Gasteiger partial charge >= 0.3 is 17.9 Å². The lowest BCUT2D eigenvalue weighted by Crippen LogP contribution is -2.30. The molecule has 0 saturated heterocycles. The van der Waals surface area contributed by atoms with Crippen molar-refractivity contribution in [1.82, 2.24) is 0 Å². The normalized spacial score (nSPS) is 12.8. The Hall–Kier alpha value is -3.93. The number of unbranched alkanes of at least 4 members (excludes halogenated alkanes) is 31. The van der Waals surface area contributed by atoms with Gasteiger partial charge in [0.15, 0.2) is 6.10 Å². The molecule has 0 amide bonds. The number of carbonyl (C=O) groups is 3.